The molecule has 2 aliphatic heterocycles. The summed E-state index contributed by atoms with van der Waals surface area (Å²) in [5, 5.41) is 14.4. The molecule has 238 valence electrons. The van der Waals surface area contributed by atoms with E-state index in [1.54, 1.807) is 20.8 Å². The van der Waals surface area contributed by atoms with Gasteiger partial charge in [-0.3, -0.25) is 19.1 Å². The van der Waals surface area contributed by atoms with Crippen LogP contribution in [0.25, 0.3) is 0 Å². The Bertz CT molecular complexity index is 1450. The van der Waals surface area contributed by atoms with Crippen LogP contribution >= 0.6 is 0 Å². The lowest BCUT2D eigenvalue weighted by Gasteiger charge is -2.30. The maximum absolute atomic E-state index is 13.7. The largest absolute Gasteiger partial charge is 0.444 e. The Morgan fingerprint density at radius 1 is 1.09 bits per heavy atom. The molecule has 4 amide bonds. The summed E-state index contributed by atoms with van der Waals surface area (Å²) in [5.41, 5.74) is -1.78. The maximum Gasteiger partial charge on any atom is 0.408 e. The highest BCUT2D eigenvalue weighted by molar-refractivity contribution is 7.91. The minimum Gasteiger partial charge on any atom is -0.444 e. The number of amides is 4. The van der Waals surface area contributed by atoms with Gasteiger partial charge in [0.25, 0.3) is 5.91 Å². The van der Waals surface area contributed by atoms with Gasteiger partial charge >= 0.3 is 16.3 Å². The lowest BCUT2D eigenvalue weighted by Crippen LogP contribution is -2.58. The van der Waals surface area contributed by atoms with E-state index < -0.39 is 63.2 Å². The van der Waals surface area contributed by atoms with Crippen molar-refractivity contribution in [2.75, 3.05) is 11.3 Å². The van der Waals surface area contributed by atoms with E-state index in [1.165, 1.54) is 29.2 Å². The molecule has 4 N–H and O–H groups in total. The zero-order chi connectivity index (χ0) is 32.1. The van der Waals surface area contributed by atoms with Gasteiger partial charge in [-0.1, -0.05) is 25.0 Å². The van der Waals surface area contributed by atoms with E-state index in [9.17, 15) is 27.6 Å². The van der Waals surface area contributed by atoms with Gasteiger partial charge in [0, 0.05) is 12.5 Å². The van der Waals surface area contributed by atoms with Gasteiger partial charge < -0.3 is 20.3 Å². The van der Waals surface area contributed by atoms with Crippen LogP contribution in [0.2, 0.25) is 0 Å². The molecule has 4 atom stereocenters. The van der Waals surface area contributed by atoms with E-state index in [4.69, 9.17) is 10.00 Å². The lowest BCUT2D eigenvalue weighted by molar-refractivity contribution is -0.141. The van der Waals surface area contributed by atoms with E-state index in [0.29, 0.717) is 44.2 Å². The summed E-state index contributed by atoms with van der Waals surface area (Å²) in [6, 6.07) is 5.82. The Labute approximate surface area is 257 Å². The first-order valence-electron chi connectivity index (χ1n) is 14.9. The van der Waals surface area contributed by atoms with Gasteiger partial charge in [0.15, 0.2) is 0 Å². The molecule has 0 aromatic heterocycles. The number of fused-ring (bicyclic) bond motifs is 2. The normalized spacial score (nSPS) is 26.8. The predicted molar refractivity (Wildman–Crippen MR) is 161 cm³/mol. The molecule has 1 aromatic rings. The third kappa shape index (κ3) is 8.28. The molecule has 2 heterocycles. The van der Waals surface area contributed by atoms with Crippen LogP contribution in [-0.4, -0.2) is 66.9 Å². The van der Waals surface area contributed by atoms with E-state index in [-0.39, 0.29) is 12.1 Å². The molecule has 4 unspecified atom stereocenters. The first-order chi connectivity index (χ1) is 20.7. The van der Waals surface area contributed by atoms with Crippen LogP contribution in [0.15, 0.2) is 36.4 Å². The summed E-state index contributed by atoms with van der Waals surface area (Å²) in [4.78, 5) is 54.8. The highest BCUT2D eigenvalue weighted by atomic mass is 32.2. The second kappa shape index (κ2) is 13.3. The standard InChI is InChI=1S/C30H40N6O7S/c1-29(2,3)43-28(40)32-23-11-8-6-4-5-7-10-21-18-30(21,33-25(37)24-12-9-17-36(24)26(23)38)27(39)35-44(41,42)34-22-15-13-20(19-31)14-16-22/h7,10,13-16,21,23-24,34H,4-6,8-9,11-12,17-18H2,1-3H3,(H,32,40)(H,33,37)(H,35,39)/b10-7-. The van der Waals surface area contributed by atoms with E-state index >= 15 is 0 Å². The first kappa shape index (κ1) is 32.8. The van der Waals surface area contributed by atoms with Gasteiger partial charge in [-0.2, -0.15) is 13.7 Å². The second-order valence-corrected chi connectivity index (χ2v) is 13.9. The van der Waals surface area contributed by atoms with Crippen LogP contribution in [0.4, 0.5) is 10.5 Å². The van der Waals surface area contributed by atoms with Crippen molar-refractivity contribution in [3.05, 3.63) is 42.0 Å². The van der Waals surface area contributed by atoms with Crippen LogP contribution in [0.5, 0.6) is 0 Å². The van der Waals surface area contributed by atoms with Crippen molar-refractivity contribution in [3.63, 3.8) is 0 Å². The molecule has 44 heavy (non-hydrogen) atoms. The Morgan fingerprint density at radius 3 is 2.50 bits per heavy atom. The molecule has 4 rings (SSSR count). The quantitative estimate of drug-likeness (QED) is 0.358. The molecule has 1 saturated carbocycles. The van der Waals surface area contributed by atoms with Gasteiger partial charge in [0.1, 0.15) is 23.2 Å². The fraction of sp³-hybridized carbons (Fsp3) is 0.567. The first-order valence-corrected chi connectivity index (χ1v) is 16.4. The molecule has 1 aliphatic carbocycles. The number of ether oxygens (including phenoxy) is 1. The number of benzene rings is 1. The molecule has 0 bridgehead atoms. The van der Waals surface area contributed by atoms with Crippen LogP contribution in [0.1, 0.15) is 77.7 Å². The van der Waals surface area contributed by atoms with Gasteiger partial charge in [-0.05, 0) is 83.6 Å². The van der Waals surface area contributed by atoms with E-state index in [0.717, 1.165) is 12.8 Å². The van der Waals surface area contributed by atoms with Crippen LogP contribution in [-0.2, 0) is 29.3 Å². The second-order valence-electron chi connectivity index (χ2n) is 12.5. The van der Waals surface area contributed by atoms with Crippen molar-refractivity contribution >= 4 is 39.7 Å². The highest BCUT2D eigenvalue weighted by Gasteiger charge is 2.61. The Morgan fingerprint density at radius 2 is 1.82 bits per heavy atom. The van der Waals surface area contributed by atoms with Crippen molar-refractivity contribution in [3.8, 4) is 6.07 Å². The van der Waals surface area contributed by atoms with E-state index in [1.807, 2.05) is 22.9 Å². The van der Waals surface area contributed by atoms with Crippen molar-refractivity contribution < 1.29 is 32.3 Å². The summed E-state index contributed by atoms with van der Waals surface area (Å²) >= 11 is 0. The summed E-state index contributed by atoms with van der Waals surface area (Å²) in [6.45, 7) is 5.48. The molecule has 1 aromatic carbocycles. The molecule has 2 fully saturated rings. The highest BCUT2D eigenvalue weighted by Crippen LogP contribution is 2.45. The minimum atomic E-state index is -4.38. The van der Waals surface area contributed by atoms with Gasteiger partial charge in [0.2, 0.25) is 11.8 Å². The zero-order valence-corrected chi connectivity index (χ0v) is 26.0. The SMILES string of the molecule is CC(C)(C)OC(=O)NC1CCCCC/C=C\C2CC2(C(=O)NS(=O)(=O)Nc2ccc(C#N)cc2)NC(=O)C2CCCN2C1=O. The van der Waals surface area contributed by atoms with Crippen LogP contribution in [0, 0.1) is 17.2 Å². The fourth-order valence-electron chi connectivity index (χ4n) is 5.55. The summed E-state index contributed by atoms with van der Waals surface area (Å²) < 4.78 is 35.4. The number of nitrogens with one attached hydrogen (secondary N) is 4. The monoisotopic (exact) mass is 628 g/mol. The maximum atomic E-state index is 13.7. The number of anilines is 1. The Kier molecular flexibility index (Phi) is 9.88. The number of allylic oxidation sites excluding steroid dienone is 1. The molecule has 1 saturated heterocycles. The molecular formula is C30H40N6O7S. The van der Waals surface area contributed by atoms with E-state index in [2.05, 4.69) is 15.4 Å². The van der Waals surface area contributed by atoms with Crippen molar-refractivity contribution in [1.29, 1.82) is 5.26 Å². The number of alkyl carbamates (subject to hydrolysis) is 1. The van der Waals surface area contributed by atoms with Crippen molar-refractivity contribution in [1.82, 2.24) is 20.3 Å². The minimum absolute atomic E-state index is 0.148. The molecule has 14 heteroatoms. The lowest BCUT2D eigenvalue weighted by atomic mass is 10.0. The summed E-state index contributed by atoms with van der Waals surface area (Å²) in [7, 11) is -4.38. The molecule has 13 nitrogen and oxygen atoms in total. The van der Waals surface area contributed by atoms with Crippen LogP contribution < -0.4 is 20.1 Å². The van der Waals surface area contributed by atoms with Gasteiger partial charge in [-0.15, -0.1) is 0 Å². The number of carbonyl (C=O) groups is 4. The average molecular weight is 629 g/mol. The number of rotatable bonds is 5. The number of carbonyl (C=O) groups excluding carboxylic acids is 4. The van der Waals surface area contributed by atoms with Crippen LogP contribution in [0.3, 0.4) is 0 Å². The van der Waals surface area contributed by atoms with Crippen molar-refractivity contribution in [2.45, 2.75) is 95.4 Å². The molecule has 3 aliphatic rings. The topological polar surface area (TPSA) is 187 Å². The number of hydrogen-bond donors (Lipinski definition) is 4. The number of nitrogens with zero attached hydrogens (tertiary/aromatic N) is 2. The average Bonchev–Trinajstić information content (AvgIpc) is 3.40. The smallest absolute Gasteiger partial charge is 0.408 e. The summed E-state index contributed by atoms with van der Waals surface area (Å²) in [6.07, 6.45) is 7.45. The fourth-order valence-corrected chi connectivity index (χ4v) is 6.47. The molecule has 0 spiro atoms. The predicted octanol–water partition coefficient (Wildman–Crippen LogP) is 2.61. The summed E-state index contributed by atoms with van der Waals surface area (Å²) in [5.74, 6) is -2.30. The van der Waals surface area contributed by atoms with Gasteiger partial charge in [0.05, 0.1) is 17.3 Å². The Balaban J connectivity index is 1.52. The molecule has 0 radical (unpaired) electrons. The zero-order valence-electron chi connectivity index (χ0n) is 25.2. The third-order valence-corrected chi connectivity index (χ3v) is 8.78. The third-order valence-electron chi connectivity index (χ3n) is 7.82. The number of hydrogen-bond acceptors (Lipinski definition) is 8. The Hall–Kier alpha value is -4.12. The van der Waals surface area contributed by atoms with Gasteiger partial charge in [-0.25, -0.2) is 9.52 Å². The van der Waals surface area contributed by atoms with Crippen molar-refractivity contribution in [2.24, 2.45) is 5.92 Å². The number of nitriles is 1. The molecular weight excluding hydrogens is 588 g/mol.